The lowest BCUT2D eigenvalue weighted by atomic mass is 10.3. The highest BCUT2D eigenvalue weighted by molar-refractivity contribution is 7.92. The van der Waals surface area contributed by atoms with Crippen LogP contribution in [0.5, 0.6) is 5.75 Å². The Bertz CT molecular complexity index is 842. The first-order valence-corrected chi connectivity index (χ1v) is 10.1. The molecule has 2 aromatic rings. The van der Waals surface area contributed by atoms with Gasteiger partial charge in [0.25, 0.3) is 15.9 Å². The third-order valence-corrected chi connectivity index (χ3v) is 5.13. The molecular weight excluding hydrogens is 376 g/mol. The Morgan fingerprint density at radius 1 is 1.15 bits per heavy atom. The number of rotatable bonds is 9. The van der Waals surface area contributed by atoms with Crippen molar-refractivity contribution in [3.8, 4) is 5.75 Å². The Balaban J connectivity index is 2.01. The summed E-state index contributed by atoms with van der Waals surface area (Å²) in [6.07, 6.45) is 1.88. The van der Waals surface area contributed by atoms with Gasteiger partial charge in [0.2, 0.25) is 0 Å². The van der Waals surface area contributed by atoms with Crippen LogP contribution in [0.3, 0.4) is 0 Å². The van der Waals surface area contributed by atoms with Gasteiger partial charge in [0.15, 0.2) is 6.61 Å². The fourth-order valence-corrected chi connectivity index (χ4v) is 3.47. The van der Waals surface area contributed by atoms with E-state index in [-0.39, 0.29) is 28.2 Å². The summed E-state index contributed by atoms with van der Waals surface area (Å²) in [6, 6.07) is 12.6. The molecule has 0 atom stereocenters. The van der Waals surface area contributed by atoms with Gasteiger partial charge in [0, 0.05) is 12.2 Å². The van der Waals surface area contributed by atoms with E-state index in [4.69, 9.17) is 16.3 Å². The van der Waals surface area contributed by atoms with Crippen LogP contribution in [0, 0.1) is 0 Å². The van der Waals surface area contributed by atoms with Crippen LogP contribution in [0.15, 0.2) is 53.4 Å². The number of sulfonamides is 1. The van der Waals surface area contributed by atoms with Gasteiger partial charge >= 0.3 is 0 Å². The van der Waals surface area contributed by atoms with Crippen LogP contribution in [0.1, 0.15) is 19.8 Å². The second kappa shape index (κ2) is 9.45. The lowest BCUT2D eigenvalue weighted by molar-refractivity contribution is -0.123. The number of para-hydroxylation sites is 1. The van der Waals surface area contributed by atoms with E-state index >= 15 is 0 Å². The maximum absolute atomic E-state index is 12.4. The van der Waals surface area contributed by atoms with Crippen molar-refractivity contribution in [1.82, 2.24) is 5.32 Å². The van der Waals surface area contributed by atoms with Crippen LogP contribution in [-0.2, 0) is 14.8 Å². The van der Waals surface area contributed by atoms with Crippen molar-refractivity contribution in [1.29, 1.82) is 0 Å². The molecule has 0 spiro atoms. The predicted octanol–water partition coefficient (Wildman–Crippen LogP) is 3.44. The molecule has 2 rings (SSSR count). The molecule has 0 heterocycles. The zero-order valence-corrected chi connectivity index (χ0v) is 15.9. The number of ether oxygens (including phenoxy) is 1. The van der Waals surface area contributed by atoms with Crippen molar-refractivity contribution >= 4 is 33.2 Å². The van der Waals surface area contributed by atoms with Gasteiger partial charge in [-0.1, -0.05) is 43.1 Å². The summed E-state index contributed by atoms with van der Waals surface area (Å²) < 4.78 is 32.6. The minimum Gasteiger partial charge on any atom is -0.482 e. The smallest absolute Gasteiger partial charge is 0.261 e. The van der Waals surface area contributed by atoms with Crippen LogP contribution in [0.2, 0.25) is 5.02 Å². The van der Waals surface area contributed by atoms with Crippen molar-refractivity contribution in [3.05, 3.63) is 53.6 Å². The predicted molar refractivity (Wildman–Crippen MR) is 102 cm³/mol. The van der Waals surface area contributed by atoms with E-state index in [9.17, 15) is 13.2 Å². The van der Waals surface area contributed by atoms with Crippen LogP contribution in [-0.4, -0.2) is 27.5 Å². The zero-order chi connectivity index (χ0) is 19.0. The third kappa shape index (κ3) is 5.93. The Hall–Kier alpha value is -2.25. The number of hydrogen-bond donors (Lipinski definition) is 2. The summed E-state index contributed by atoms with van der Waals surface area (Å²) in [7, 11) is -3.77. The number of amides is 1. The minimum atomic E-state index is -3.77. The normalized spacial score (nSPS) is 11.0. The first-order chi connectivity index (χ1) is 12.4. The van der Waals surface area contributed by atoms with Crippen LogP contribution in [0.4, 0.5) is 5.69 Å². The van der Waals surface area contributed by atoms with Gasteiger partial charge in [-0.3, -0.25) is 9.52 Å². The van der Waals surface area contributed by atoms with E-state index in [1.807, 2.05) is 6.92 Å². The third-order valence-electron chi connectivity index (χ3n) is 3.45. The van der Waals surface area contributed by atoms with E-state index < -0.39 is 10.0 Å². The van der Waals surface area contributed by atoms with Crippen LogP contribution < -0.4 is 14.8 Å². The summed E-state index contributed by atoms with van der Waals surface area (Å²) in [5.74, 6) is -0.00655. The van der Waals surface area contributed by atoms with Gasteiger partial charge in [-0.05, 0) is 36.8 Å². The van der Waals surface area contributed by atoms with Gasteiger partial charge in [0.05, 0.1) is 9.92 Å². The molecule has 26 heavy (non-hydrogen) atoms. The first kappa shape index (κ1) is 20.1. The number of benzene rings is 2. The van der Waals surface area contributed by atoms with Gasteiger partial charge < -0.3 is 10.1 Å². The largest absolute Gasteiger partial charge is 0.482 e. The molecule has 0 fully saturated rings. The fourth-order valence-electron chi connectivity index (χ4n) is 2.08. The molecule has 2 N–H and O–H groups in total. The summed E-state index contributed by atoms with van der Waals surface area (Å²) >= 11 is 6.10. The van der Waals surface area contributed by atoms with E-state index in [0.717, 1.165) is 12.8 Å². The Kier molecular flexibility index (Phi) is 7.29. The summed E-state index contributed by atoms with van der Waals surface area (Å²) in [5, 5.41) is 2.84. The SMILES string of the molecule is CCCCNC(=O)COc1ccc(S(=O)(=O)Nc2ccccc2)cc1Cl. The van der Waals surface area contributed by atoms with Crippen molar-refractivity contribution < 1.29 is 17.9 Å². The second-order valence-corrected chi connectivity index (χ2v) is 7.65. The van der Waals surface area contributed by atoms with Crippen LogP contribution >= 0.6 is 11.6 Å². The molecule has 1 amide bonds. The molecule has 0 aliphatic heterocycles. The molecule has 0 saturated heterocycles. The summed E-state index contributed by atoms with van der Waals surface area (Å²) in [4.78, 5) is 11.7. The Morgan fingerprint density at radius 2 is 1.88 bits per heavy atom. The van der Waals surface area contributed by atoms with Gasteiger partial charge in [-0.15, -0.1) is 0 Å². The standard InChI is InChI=1S/C18H21ClN2O4S/c1-2-3-11-20-18(22)13-25-17-10-9-15(12-16(17)19)26(23,24)21-14-7-5-4-6-8-14/h4-10,12,21H,2-3,11,13H2,1H3,(H,20,22). The topological polar surface area (TPSA) is 84.5 Å². The Labute approximate surface area is 158 Å². The average molecular weight is 397 g/mol. The quantitative estimate of drug-likeness (QED) is 0.636. The fraction of sp³-hybridized carbons (Fsp3) is 0.278. The second-order valence-electron chi connectivity index (χ2n) is 5.56. The molecular formula is C18H21ClN2O4S. The number of carbonyl (C=O) groups is 1. The lowest BCUT2D eigenvalue weighted by Crippen LogP contribution is -2.29. The molecule has 0 aromatic heterocycles. The minimum absolute atomic E-state index is 0.00565. The first-order valence-electron chi connectivity index (χ1n) is 8.19. The molecule has 140 valence electrons. The zero-order valence-electron chi connectivity index (χ0n) is 14.4. The van der Waals surface area contributed by atoms with E-state index in [2.05, 4.69) is 10.0 Å². The summed E-state index contributed by atoms with van der Waals surface area (Å²) in [6.45, 7) is 2.44. The molecule has 6 nitrogen and oxygen atoms in total. The molecule has 0 aliphatic rings. The van der Waals surface area contributed by atoms with Crippen molar-refractivity contribution in [2.24, 2.45) is 0 Å². The maximum Gasteiger partial charge on any atom is 0.261 e. The molecule has 0 unspecified atom stereocenters. The molecule has 2 aromatic carbocycles. The lowest BCUT2D eigenvalue weighted by Gasteiger charge is -2.11. The molecule has 8 heteroatoms. The average Bonchev–Trinajstić information content (AvgIpc) is 2.61. The number of anilines is 1. The molecule has 0 bridgehead atoms. The van der Waals surface area contributed by atoms with Crippen LogP contribution in [0.25, 0.3) is 0 Å². The highest BCUT2D eigenvalue weighted by Crippen LogP contribution is 2.28. The highest BCUT2D eigenvalue weighted by atomic mass is 35.5. The summed E-state index contributed by atoms with van der Waals surface area (Å²) in [5.41, 5.74) is 0.452. The van der Waals surface area contributed by atoms with E-state index in [1.165, 1.54) is 18.2 Å². The molecule has 0 radical (unpaired) electrons. The van der Waals surface area contributed by atoms with E-state index in [1.54, 1.807) is 30.3 Å². The number of carbonyl (C=O) groups excluding carboxylic acids is 1. The van der Waals surface area contributed by atoms with Crippen molar-refractivity contribution in [2.75, 3.05) is 17.9 Å². The number of hydrogen-bond acceptors (Lipinski definition) is 4. The number of unbranched alkanes of at least 4 members (excludes halogenated alkanes) is 1. The van der Waals surface area contributed by atoms with Crippen molar-refractivity contribution in [2.45, 2.75) is 24.7 Å². The Morgan fingerprint density at radius 3 is 2.54 bits per heavy atom. The van der Waals surface area contributed by atoms with Gasteiger partial charge in [-0.25, -0.2) is 8.42 Å². The van der Waals surface area contributed by atoms with Gasteiger partial charge in [-0.2, -0.15) is 0 Å². The number of nitrogens with one attached hydrogen (secondary N) is 2. The van der Waals surface area contributed by atoms with Crippen molar-refractivity contribution in [3.63, 3.8) is 0 Å². The van der Waals surface area contributed by atoms with Gasteiger partial charge in [0.1, 0.15) is 5.75 Å². The van der Waals surface area contributed by atoms with E-state index in [0.29, 0.717) is 12.2 Å². The maximum atomic E-state index is 12.4. The highest BCUT2D eigenvalue weighted by Gasteiger charge is 2.16. The molecule has 0 saturated carbocycles. The molecule has 0 aliphatic carbocycles. The number of halogens is 1. The monoisotopic (exact) mass is 396 g/mol.